The number of ketones is 1. The molecule has 0 radical (unpaired) electrons. The Kier molecular flexibility index (Phi) is 5.85. The Hall–Kier alpha value is -2.41. The lowest BCUT2D eigenvalue weighted by Crippen LogP contribution is -2.39. The first-order chi connectivity index (χ1) is 14.1. The van der Waals surface area contributed by atoms with E-state index in [4.69, 9.17) is 14.2 Å². The van der Waals surface area contributed by atoms with Crippen molar-refractivity contribution in [2.75, 3.05) is 14.2 Å². The lowest BCUT2D eigenvalue weighted by molar-refractivity contribution is -0.154. The van der Waals surface area contributed by atoms with Crippen LogP contribution < -0.4 is 9.47 Å². The van der Waals surface area contributed by atoms with E-state index < -0.39 is 0 Å². The van der Waals surface area contributed by atoms with Crippen LogP contribution in [0, 0.1) is 17.8 Å². The summed E-state index contributed by atoms with van der Waals surface area (Å²) in [4.78, 5) is 29.3. The molecule has 7 heteroatoms. The van der Waals surface area contributed by atoms with Gasteiger partial charge in [-0.15, -0.1) is 11.3 Å². The Labute approximate surface area is 174 Å². The van der Waals surface area contributed by atoms with Gasteiger partial charge < -0.3 is 14.2 Å². The third-order valence-electron chi connectivity index (χ3n) is 5.93. The fraction of sp³-hybridized carbons (Fsp3) is 0.500. The maximum Gasteiger partial charge on any atom is 0.309 e. The third-order valence-corrected chi connectivity index (χ3v) is 6.87. The van der Waals surface area contributed by atoms with Gasteiger partial charge in [0, 0.05) is 22.8 Å². The van der Waals surface area contributed by atoms with Gasteiger partial charge in [-0.1, -0.05) is 6.42 Å². The largest absolute Gasteiger partial charge is 0.493 e. The molecule has 1 aromatic heterocycles. The van der Waals surface area contributed by atoms with E-state index in [1.165, 1.54) is 11.3 Å². The van der Waals surface area contributed by atoms with Crippen LogP contribution in [0.15, 0.2) is 23.6 Å². The molecule has 0 amide bonds. The molecule has 2 atom stereocenters. The third kappa shape index (κ3) is 4.15. The summed E-state index contributed by atoms with van der Waals surface area (Å²) in [5, 5.41) is 2.73. The number of methoxy groups -OCH3 is 2. The molecule has 2 aliphatic carbocycles. The van der Waals surface area contributed by atoms with E-state index in [1.807, 2.05) is 23.6 Å². The average molecular weight is 416 g/mol. The van der Waals surface area contributed by atoms with Crippen LogP contribution in [0.4, 0.5) is 0 Å². The molecule has 2 saturated carbocycles. The molecule has 0 spiro atoms. The van der Waals surface area contributed by atoms with Gasteiger partial charge in [0.25, 0.3) is 0 Å². The van der Waals surface area contributed by atoms with Gasteiger partial charge in [0.2, 0.25) is 0 Å². The standard InChI is InChI=1S/C22H25NO5S/c1-26-18-7-6-15(10-19(18)27-2)21-23-17(12-29-21)11-28-22(25)16-8-13-4-3-5-14(9-16)20(13)24/h6-7,10,12-14,16H,3-5,8-9,11H2,1-2H3. The van der Waals surface area contributed by atoms with Crippen molar-refractivity contribution in [2.24, 2.45) is 17.8 Å². The summed E-state index contributed by atoms with van der Waals surface area (Å²) < 4.78 is 16.2. The van der Waals surface area contributed by atoms with E-state index >= 15 is 0 Å². The highest BCUT2D eigenvalue weighted by Gasteiger charge is 2.41. The van der Waals surface area contributed by atoms with Gasteiger partial charge in [-0.3, -0.25) is 9.59 Å². The topological polar surface area (TPSA) is 74.7 Å². The number of carbonyl (C=O) groups excluding carboxylic acids is 2. The SMILES string of the molecule is COc1ccc(-c2nc(COC(=O)C3CC4CCCC(C3)C4=O)cs2)cc1OC. The lowest BCUT2D eigenvalue weighted by Gasteiger charge is -2.36. The van der Waals surface area contributed by atoms with Crippen LogP contribution in [0.25, 0.3) is 10.6 Å². The number of aromatic nitrogens is 1. The van der Waals surface area contributed by atoms with E-state index in [2.05, 4.69) is 4.98 Å². The molecule has 2 bridgehead atoms. The van der Waals surface area contributed by atoms with Gasteiger partial charge in [0.1, 0.15) is 17.4 Å². The van der Waals surface area contributed by atoms with Crippen LogP contribution in [0.1, 0.15) is 37.8 Å². The first-order valence-electron chi connectivity index (χ1n) is 9.96. The molecule has 2 unspecified atom stereocenters. The van der Waals surface area contributed by atoms with Crippen molar-refractivity contribution < 1.29 is 23.8 Å². The zero-order valence-corrected chi connectivity index (χ0v) is 17.5. The maximum absolute atomic E-state index is 12.6. The summed E-state index contributed by atoms with van der Waals surface area (Å²) in [5.74, 6) is 1.41. The zero-order valence-electron chi connectivity index (χ0n) is 16.7. The van der Waals surface area contributed by atoms with Crippen molar-refractivity contribution in [3.8, 4) is 22.1 Å². The van der Waals surface area contributed by atoms with Crippen molar-refractivity contribution in [2.45, 2.75) is 38.7 Å². The van der Waals surface area contributed by atoms with Crippen molar-refractivity contribution in [3.63, 3.8) is 0 Å². The molecule has 2 aliphatic rings. The summed E-state index contributed by atoms with van der Waals surface area (Å²) in [6, 6.07) is 5.65. The molecule has 154 valence electrons. The van der Waals surface area contributed by atoms with Crippen molar-refractivity contribution in [1.29, 1.82) is 0 Å². The van der Waals surface area contributed by atoms with Gasteiger partial charge in [-0.05, 0) is 43.9 Å². The van der Waals surface area contributed by atoms with Crippen LogP contribution in [-0.4, -0.2) is 31.0 Å². The second kappa shape index (κ2) is 8.53. The van der Waals surface area contributed by atoms with E-state index in [1.54, 1.807) is 14.2 Å². The second-order valence-electron chi connectivity index (χ2n) is 7.72. The fourth-order valence-electron chi connectivity index (χ4n) is 4.41. The number of hydrogen-bond donors (Lipinski definition) is 0. The summed E-state index contributed by atoms with van der Waals surface area (Å²) in [6.07, 6.45) is 4.21. The maximum atomic E-state index is 12.6. The predicted octanol–water partition coefficient (Wildman–Crippen LogP) is 4.27. The zero-order chi connectivity index (χ0) is 20.4. The monoisotopic (exact) mass is 415 g/mol. The van der Waals surface area contributed by atoms with Crippen LogP contribution in [0.3, 0.4) is 0 Å². The Balaban J connectivity index is 1.37. The van der Waals surface area contributed by atoms with Crippen LogP contribution in [0.2, 0.25) is 0 Å². The molecule has 2 aromatic rings. The first kappa shape index (κ1) is 19.9. The van der Waals surface area contributed by atoms with Gasteiger partial charge in [0.15, 0.2) is 11.5 Å². The van der Waals surface area contributed by atoms with E-state index in [0.717, 1.165) is 35.5 Å². The molecule has 2 fully saturated rings. The highest BCUT2D eigenvalue weighted by molar-refractivity contribution is 7.13. The fourth-order valence-corrected chi connectivity index (χ4v) is 5.21. The van der Waals surface area contributed by atoms with Gasteiger partial charge in [0.05, 0.1) is 25.8 Å². The predicted molar refractivity (Wildman–Crippen MR) is 109 cm³/mol. The minimum atomic E-state index is -0.199. The molecule has 1 heterocycles. The number of benzene rings is 1. The van der Waals surface area contributed by atoms with Crippen molar-refractivity contribution in [3.05, 3.63) is 29.3 Å². The number of thiazole rings is 1. The van der Waals surface area contributed by atoms with Crippen LogP contribution in [-0.2, 0) is 20.9 Å². The normalized spacial score (nSPS) is 23.5. The van der Waals surface area contributed by atoms with Crippen LogP contribution >= 0.6 is 11.3 Å². The van der Waals surface area contributed by atoms with Crippen molar-refractivity contribution in [1.82, 2.24) is 4.98 Å². The highest BCUT2D eigenvalue weighted by atomic mass is 32.1. The molecular weight excluding hydrogens is 390 g/mol. The Morgan fingerprint density at radius 2 is 1.86 bits per heavy atom. The Bertz CT molecular complexity index is 892. The molecule has 0 N–H and O–H groups in total. The number of rotatable bonds is 6. The molecule has 29 heavy (non-hydrogen) atoms. The number of Topliss-reactive ketones (excluding diaryl/α,β-unsaturated/α-hetero) is 1. The van der Waals surface area contributed by atoms with Crippen LogP contribution in [0.5, 0.6) is 11.5 Å². The number of nitrogens with zero attached hydrogens (tertiary/aromatic N) is 1. The molecule has 0 aliphatic heterocycles. The van der Waals surface area contributed by atoms with Gasteiger partial charge >= 0.3 is 5.97 Å². The molecular formula is C22H25NO5S. The van der Waals surface area contributed by atoms with Crippen molar-refractivity contribution >= 4 is 23.1 Å². The number of ether oxygens (including phenoxy) is 3. The molecule has 6 nitrogen and oxygen atoms in total. The number of hydrogen-bond acceptors (Lipinski definition) is 7. The lowest BCUT2D eigenvalue weighted by atomic mass is 9.67. The highest BCUT2D eigenvalue weighted by Crippen LogP contribution is 2.40. The van der Waals surface area contributed by atoms with E-state index in [0.29, 0.717) is 30.1 Å². The molecule has 0 saturated heterocycles. The van der Waals surface area contributed by atoms with E-state index in [-0.39, 0.29) is 30.3 Å². The Morgan fingerprint density at radius 1 is 1.14 bits per heavy atom. The smallest absolute Gasteiger partial charge is 0.309 e. The van der Waals surface area contributed by atoms with E-state index in [9.17, 15) is 9.59 Å². The summed E-state index contributed by atoms with van der Waals surface area (Å²) in [6.45, 7) is 0.155. The number of fused-ring (bicyclic) bond motifs is 2. The first-order valence-corrected chi connectivity index (χ1v) is 10.8. The molecule has 4 rings (SSSR count). The number of esters is 1. The summed E-state index contributed by atoms with van der Waals surface area (Å²) in [7, 11) is 3.20. The second-order valence-corrected chi connectivity index (χ2v) is 8.58. The average Bonchev–Trinajstić information content (AvgIpc) is 3.20. The van der Waals surface area contributed by atoms with Gasteiger partial charge in [-0.2, -0.15) is 0 Å². The van der Waals surface area contributed by atoms with Gasteiger partial charge in [-0.25, -0.2) is 4.98 Å². The molecule has 1 aromatic carbocycles. The summed E-state index contributed by atoms with van der Waals surface area (Å²) >= 11 is 1.49. The minimum absolute atomic E-state index is 0.0518. The number of carbonyl (C=O) groups is 2. The Morgan fingerprint density at radius 3 is 2.55 bits per heavy atom. The minimum Gasteiger partial charge on any atom is -0.493 e. The quantitative estimate of drug-likeness (QED) is 0.656. The summed E-state index contributed by atoms with van der Waals surface area (Å²) in [5.41, 5.74) is 1.64.